The number of hydrogen-bond donors (Lipinski definition) is 15. The fourth-order valence-electron chi connectivity index (χ4n) is 6.62. The Bertz CT molecular complexity index is 1880. The van der Waals surface area contributed by atoms with Crippen molar-refractivity contribution in [2.75, 3.05) is 25.4 Å². The average molecular weight is 959 g/mol. The quantitative estimate of drug-likeness (QED) is 0.00605. The van der Waals surface area contributed by atoms with E-state index in [0.29, 0.717) is 6.42 Å². The number of carboxylic acid groups (broad SMARTS) is 2. The van der Waals surface area contributed by atoms with E-state index in [1.807, 2.05) is 0 Å². The molecule has 0 bridgehead atoms. The lowest BCUT2D eigenvalue weighted by Gasteiger charge is -2.56. The molecule has 0 aromatic carbocycles. The fourth-order valence-corrected chi connectivity index (χ4v) is 8.02. The summed E-state index contributed by atoms with van der Waals surface area (Å²) in [5, 5.41) is 52.2. The molecule has 2 aliphatic heterocycles. The van der Waals surface area contributed by atoms with Crippen molar-refractivity contribution < 1.29 is 68.3 Å². The number of ether oxygens (including phenoxy) is 1. The number of aliphatic hydroxyl groups excluding tert-OH is 2. The molecule has 1 fully saturated rings. The average Bonchev–Trinajstić information content (AvgIpc) is 3.23. The van der Waals surface area contributed by atoms with Crippen LogP contribution in [-0.2, 0) is 47.9 Å². The number of hydrogen-bond acceptors (Lipinski definition) is 17. The molecule has 0 aliphatic carbocycles. The number of rotatable bonds is 30. The van der Waals surface area contributed by atoms with Gasteiger partial charge in [-0.25, -0.2) is 4.79 Å². The van der Waals surface area contributed by atoms with Crippen molar-refractivity contribution in [1.82, 2.24) is 31.5 Å². The van der Waals surface area contributed by atoms with Gasteiger partial charge in [0.2, 0.25) is 35.7 Å². The van der Waals surface area contributed by atoms with Gasteiger partial charge >= 0.3 is 17.9 Å². The van der Waals surface area contributed by atoms with Gasteiger partial charge in [0, 0.05) is 30.8 Å². The highest BCUT2D eigenvalue weighted by Crippen LogP contribution is 2.45. The van der Waals surface area contributed by atoms with Gasteiger partial charge in [0.15, 0.2) is 11.9 Å². The summed E-state index contributed by atoms with van der Waals surface area (Å²) in [6, 6.07) is -5.50. The van der Waals surface area contributed by atoms with E-state index in [0.717, 1.165) is 16.7 Å². The van der Waals surface area contributed by atoms with E-state index in [1.165, 1.54) is 13.8 Å². The highest BCUT2D eigenvalue weighted by Gasteiger charge is 2.66. The number of esters is 1. The van der Waals surface area contributed by atoms with E-state index in [1.54, 1.807) is 0 Å². The molecular weight excluding hydrogens is 897 g/mol. The number of carbonyl (C=O) groups is 9. The smallest absolute Gasteiger partial charge is 0.352 e. The van der Waals surface area contributed by atoms with Gasteiger partial charge in [-0.3, -0.25) is 53.2 Å². The predicted octanol–water partition coefficient (Wildman–Crippen LogP) is -6.65. The van der Waals surface area contributed by atoms with Crippen LogP contribution in [0.3, 0.4) is 0 Å². The third-order valence-electron chi connectivity index (χ3n) is 10.1. The first kappa shape index (κ1) is 55.8. The Labute approximate surface area is 382 Å². The molecule has 2 heterocycles. The van der Waals surface area contributed by atoms with E-state index >= 15 is 0 Å². The number of thioether (sulfide) groups is 1. The first-order chi connectivity index (χ1) is 30.9. The number of nitrogens with one attached hydrogen (secondary N) is 5. The molecule has 29 heteroatoms. The Morgan fingerprint density at radius 1 is 0.848 bits per heavy atom. The lowest BCUT2D eigenvalue weighted by atomic mass is 9.94. The maximum Gasteiger partial charge on any atom is 0.352 e. The van der Waals surface area contributed by atoms with Crippen LogP contribution in [0.15, 0.2) is 21.3 Å². The minimum atomic E-state index is -2.05. The predicted molar refractivity (Wildman–Crippen MR) is 234 cm³/mol. The zero-order chi connectivity index (χ0) is 49.9. The van der Waals surface area contributed by atoms with Gasteiger partial charge in [0.1, 0.15) is 29.8 Å². The van der Waals surface area contributed by atoms with Crippen LogP contribution in [0.25, 0.3) is 0 Å². The second-order valence-electron chi connectivity index (χ2n) is 15.5. The number of aliphatic imine (C=N–C) groups is 2. The van der Waals surface area contributed by atoms with E-state index in [4.69, 9.17) is 44.2 Å². The van der Waals surface area contributed by atoms with Gasteiger partial charge in [-0.15, -0.1) is 11.8 Å². The highest BCUT2D eigenvalue weighted by molar-refractivity contribution is 8.00. The minimum absolute atomic E-state index is 0.00351. The number of amides is 6. The van der Waals surface area contributed by atoms with Gasteiger partial charge in [-0.1, -0.05) is 0 Å². The Morgan fingerprint density at radius 3 is 1.92 bits per heavy atom. The third kappa shape index (κ3) is 16.9. The van der Waals surface area contributed by atoms with Gasteiger partial charge in [0.25, 0.3) is 5.91 Å². The maximum absolute atomic E-state index is 13.5. The number of fused-ring (bicyclic) bond motifs is 1. The second kappa shape index (κ2) is 26.6. The summed E-state index contributed by atoms with van der Waals surface area (Å²) in [6.45, 7) is 2.33. The van der Waals surface area contributed by atoms with Gasteiger partial charge in [-0.2, -0.15) is 0 Å². The van der Waals surface area contributed by atoms with Gasteiger partial charge in [0.05, 0.1) is 43.2 Å². The molecule has 370 valence electrons. The zero-order valence-electron chi connectivity index (χ0n) is 36.5. The number of carbonyl (C=O) groups excluding carboxylic acids is 7. The van der Waals surface area contributed by atoms with Crippen LogP contribution in [-0.4, -0.2) is 170 Å². The van der Waals surface area contributed by atoms with Crippen molar-refractivity contribution in [3.8, 4) is 0 Å². The Morgan fingerprint density at radius 2 is 1.41 bits per heavy atom. The molecule has 0 aromatic heterocycles. The van der Waals surface area contributed by atoms with Crippen LogP contribution in [0, 0.1) is 0 Å². The van der Waals surface area contributed by atoms with E-state index < -0.39 is 126 Å². The summed E-state index contributed by atoms with van der Waals surface area (Å²) < 4.78 is 5.30. The van der Waals surface area contributed by atoms with Gasteiger partial charge in [-0.05, 0) is 52.4 Å². The molecule has 0 radical (unpaired) electrons. The molecular formula is C37H62N14O14S. The largest absolute Gasteiger partial charge is 0.480 e. The molecule has 21 N–H and O–H groups in total. The molecule has 66 heavy (non-hydrogen) atoms. The first-order valence-corrected chi connectivity index (χ1v) is 21.7. The van der Waals surface area contributed by atoms with Crippen LogP contribution >= 0.6 is 11.8 Å². The molecule has 0 saturated carbocycles. The van der Waals surface area contributed by atoms with Crippen molar-refractivity contribution >= 4 is 77.5 Å². The monoisotopic (exact) mass is 958 g/mol. The maximum atomic E-state index is 13.5. The highest BCUT2D eigenvalue weighted by atomic mass is 32.2. The molecule has 2 rings (SSSR count). The Balaban J connectivity index is 2.12. The van der Waals surface area contributed by atoms with Crippen LogP contribution in [0.2, 0.25) is 0 Å². The lowest BCUT2D eigenvalue weighted by Crippen LogP contribution is -2.85. The summed E-state index contributed by atoms with van der Waals surface area (Å²) in [5.41, 5.74) is 29.9. The minimum Gasteiger partial charge on any atom is -0.480 e. The molecule has 0 spiro atoms. The van der Waals surface area contributed by atoms with Crippen LogP contribution < -0.4 is 61.0 Å². The topological polar surface area (TPSA) is 488 Å². The molecule has 6 amide bonds. The number of aliphatic carboxylic acids is 2. The fraction of sp³-hybridized carbons (Fsp3) is 0.649. The summed E-state index contributed by atoms with van der Waals surface area (Å²) in [5.74, 6) is -8.40. The summed E-state index contributed by atoms with van der Waals surface area (Å²) >= 11 is 0.934. The third-order valence-corrected chi connectivity index (χ3v) is 11.5. The molecule has 9 unspecified atom stereocenters. The number of guanidine groups is 2. The zero-order valence-corrected chi connectivity index (χ0v) is 37.3. The van der Waals surface area contributed by atoms with E-state index in [2.05, 4.69) is 36.6 Å². The second-order valence-corrected chi connectivity index (χ2v) is 16.5. The van der Waals surface area contributed by atoms with Crippen molar-refractivity contribution in [1.29, 1.82) is 0 Å². The first-order valence-electron chi connectivity index (χ1n) is 20.6. The molecule has 0 aromatic rings. The summed E-state index contributed by atoms with van der Waals surface area (Å²) in [6.07, 6.45) is -3.80. The standard InChI is InChI=1S/C37H62N14O14S/c1-17(38)29(58)48-21(7-4-10-44-35(40)41)23(53)12-26(56)47-18(2)30(59)49-22(8-5-11-45-36(42)43)24(54)13-27(57)65-14-19-15-66-34-37(46-16-52,33(64)51(34)28(19)32(62)63)50-25(55)9-3-6-20(39)31(60)61/h16-18,20-24,34,53-54H,3-15,38-39H2,1-2H3,(H,46,52)(H,47,56)(H,48,58)(H,49,59)(H,50,55)(H,60,61)(H,62,63)(H4,40,41,44)(H4,42,43,45). The van der Waals surface area contributed by atoms with Crippen LogP contribution in [0.4, 0.5) is 0 Å². The molecule has 9 atom stereocenters. The van der Waals surface area contributed by atoms with Crippen molar-refractivity contribution in [3.05, 3.63) is 11.3 Å². The van der Waals surface area contributed by atoms with Crippen molar-refractivity contribution in [2.24, 2.45) is 44.4 Å². The molecule has 2 aliphatic rings. The number of aliphatic hydroxyl groups is 2. The summed E-state index contributed by atoms with van der Waals surface area (Å²) in [4.78, 5) is 121. The number of nitrogens with zero attached hydrogens (tertiary/aromatic N) is 3. The Kier molecular flexibility index (Phi) is 22.5. The van der Waals surface area contributed by atoms with Crippen LogP contribution in [0.5, 0.6) is 0 Å². The lowest BCUT2D eigenvalue weighted by molar-refractivity contribution is -0.162. The van der Waals surface area contributed by atoms with Gasteiger partial charge < -0.3 is 86.1 Å². The number of β-lactam (4-membered cyclic amide) rings is 1. The normalized spacial score (nSPS) is 19.6. The van der Waals surface area contributed by atoms with Crippen molar-refractivity contribution in [2.45, 2.75) is 125 Å². The molecule has 28 nitrogen and oxygen atoms in total. The molecule has 1 saturated heterocycles. The number of carboxylic acids is 2. The van der Waals surface area contributed by atoms with Crippen LogP contribution in [0.1, 0.15) is 71.6 Å². The summed E-state index contributed by atoms with van der Waals surface area (Å²) in [7, 11) is 0. The SMILES string of the molecule is CC(N)C(=O)NC(CCCN=C(N)N)C(O)CC(=O)NC(C)C(=O)NC(CCCN=C(N)N)C(O)CC(=O)OCC1=C(C(=O)O)N2C(=O)C(NC=O)(NC(=O)CCCC(N)C(=O)O)C2SC1. The number of nitrogens with two attached hydrogens (primary N) is 6. The Hall–Kier alpha value is -6.30. The van der Waals surface area contributed by atoms with Crippen molar-refractivity contribution in [3.63, 3.8) is 0 Å². The van der Waals surface area contributed by atoms with E-state index in [9.17, 15) is 58.5 Å². The van der Waals surface area contributed by atoms with E-state index in [-0.39, 0.29) is 81.3 Å².